The summed E-state index contributed by atoms with van der Waals surface area (Å²) in [7, 11) is 0. The van der Waals surface area contributed by atoms with Crippen LogP contribution in [0.2, 0.25) is 0 Å². The van der Waals surface area contributed by atoms with Gasteiger partial charge in [-0.3, -0.25) is 10.1 Å². The van der Waals surface area contributed by atoms with Crippen molar-refractivity contribution in [2.45, 2.75) is 26.8 Å². The Labute approximate surface area is 101 Å². The van der Waals surface area contributed by atoms with Crippen molar-refractivity contribution in [3.05, 3.63) is 33.9 Å². The molecule has 1 aromatic rings. The third-order valence-electron chi connectivity index (χ3n) is 2.29. The fourth-order valence-corrected chi connectivity index (χ4v) is 1.37. The van der Waals surface area contributed by atoms with Crippen LogP contribution in [0.3, 0.4) is 0 Å². The number of hydrogen-bond acceptors (Lipinski definition) is 4. The van der Waals surface area contributed by atoms with Crippen LogP contribution < -0.4 is 10.1 Å². The summed E-state index contributed by atoms with van der Waals surface area (Å²) in [6.45, 7) is 7.20. The molecular formula is C12H18N2O3. The molecule has 0 atom stereocenters. The van der Waals surface area contributed by atoms with Crippen molar-refractivity contribution in [3.63, 3.8) is 0 Å². The minimum absolute atomic E-state index is 0.0578. The molecule has 5 heteroatoms. The van der Waals surface area contributed by atoms with Crippen LogP contribution in [0.4, 0.5) is 5.69 Å². The van der Waals surface area contributed by atoms with Crippen molar-refractivity contribution in [3.8, 4) is 5.75 Å². The smallest absolute Gasteiger partial charge is 0.273 e. The van der Waals surface area contributed by atoms with Crippen molar-refractivity contribution in [2.24, 2.45) is 0 Å². The van der Waals surface area contributed by atoms with Gasteiger partial charge in [-0.25, -0.2) is 0 Å². The van der Waals surface area contributed by atoms with E-state index in [1.165, 1.54) is 12.1 Å². The molecule has 1 N–H and O–H groups in total. The van der Waals surface area contributed by atoms with Gasteiger partial charge in [0.2, 0.25) is 0 Å². The zero-order chi connectivity index (χ0) is 12.8. The van der Waals surface area contributed by atoms with Crippen molar-refractivity contribution in [1.29, 1.82) is 0 Å². The van der Waals surface area contributed by atoms with E-state index in [1.54, 1.807) is 6.07 Å². The molecule has 1 aromatic carbocycles. The summed E-state index contributed by atoms with van der Waals surface area (Å²) < 4.78 is 5.51. The van der Waals surface area contributed by atoms with E-state index in [-0.39, 0.29) is 5.69 Å². The highest BCUT2D eigenvalue weighted by atomic mass is 16.6. The summed E-state index contributed by atoms with van der Waals surface area (Å²) in [5, 5.41) is 13.8. The number of non-ortho nitro benzene ring substituents is 1. The SMILES string of the molecule is Cc1ccc([N+](=O)[O-])cc1OCCNC(C)C. The van der Waals surface area contributed by atoms with Crippen molar-refractivity contribution in [2.75, 3.05) is 13.2 Å². The van der Waals surface area contributed by atoms with Gasteiger partial charge in [-0.15, -0.1) is 0 Å². The van der Waals surface area contributed by atoms with Crippen LogP contribution in [0.25, 0.3) is 0 Å². The number of nitrogens with one attached hydrogen (secondary N) is 1. The topological polar surface area (TPSA) is 64.4 Å². The number of nitrogens with zero attached hydrogens (tertiary/aromatic N) is 1. The van der Waals surface area contributed by atoms with Gasteiger partial charge in [-0.05, 0) is 18.6 Å². The first-order valence-corrected chi connectivity index (χ1v) is 5.62. The second kappa shape index (κ2) is 6.20. The Morgan fingerprint density at radius 2 is 2.18 bits per heavy atom. The van der Waals surface area contributed by atoms with Gasteiger partial charge in [-0.1, -0.05) is 13.8 Å². The summed E-state index contributed by atoms with van der Waals surface area (Å²) in [5.41, 5.74) is 0.961. The average Bonchev–Trinajstić information content (AvgIpc) is 2.25. The standard InChI is InChI=1S/C12H18N2O3/c1-9(2)13-6-7-17-12-8-11(14(15)16)5-4-10(12)3/h4-5,8-9,13H,6-7H2,1-3H3. The number of nitro benzene ring substituents is 1. The summed E-state index contributed by atoms with van der Waals surface area (Å²) >= 11 is 0. The quantitative estimate of drug-likeness (QED) is 0.469. The van der Waals surface area contributed by atoms with E-state index in [0.717, 1.165) is 12.1 Å². The molecule has 0 unspecified atom stereocenters. The maximum atomic E-state index is 10.6. The summed E-state index contributed by atoms with van der Waals surface area (Å²) in [6, 6.07) is 5.05. The number of rotatable bonds is 6. The van der Waals surface area contributed by atoms with E-state index in [0.29, 0.717) is 18.4 Å². The van der Waals surface area contributed by atoms with Crippen LogP contribution in [0.5, 0.6) is 5.75 Å². The molecule has 0 saturated heterocycles. The van der Waals surface area contributed by atoms with Gasteiger partial charge < -0.3 is 10.1 Å². The van der Waals surface area contributed by atoms with E-state index < -0.39 is 4.92 Å². The first kappa shape index (κ1) is 13.4. The molecule has 0 bridgehead atoms. The van der Waals surface area contributed by atoms with Crippen LogP contribution in [0.15, 0.2) is 18.2 Å². The predicted molar refractivity (Wildman–Crippen MR) is 66.5 cm³/mol. The second-order valence-electron chi connectivity index (χ2n) is 4.16. The predicted octanol–water partition coefficient (Wildman–Crippen LogP) is 2.28. The van der Waals surface area contributed by atoms with Gasteiger partial charge in [0.05, 0.1) is 11.0 Å². The number of nitro groups is 1. The summed E-state index contributed by atoms with van der Waals surface area (Å²) in [5.74, 6) is 0.574. The first-order valence-electron chi connectivity index (χ1n) is 5.62. The molecule has 17 heavy (non-hydrogen) atoms. The Balaban J connectivity index is 2.57. The van der Waals surface area contributed by atoms with Gasteiger partial charge in [-0.2, -0.15) is 0 Å². The van der Waals surface area contributed by atoms with Gasteiger partial charge in [0.15, 0.2) is 0 Å². The lowest BCUT2D eigenvalue weighted by Crippen LogP contribution is -2.27. The Morgan fingerprint density at radius 3 is 2.76 bits per heavy atom. The summed E-state index contributed by atoms with van der Waals surface area (Å²) in [4.78, 5) is 10.2. The Hall–Kier alpha value is -1.62. The maximum Gasteiger partial charge on any atom is 0.273 e. The highest BCUT2D eigenvalue weighted by Crippen LogP contribution is 2.23. The van der Waals surface area contributed by atoms with Crippen LogP contribution in [-0.2, 0) is 0 Å². The fraction of sp³-hybridized carbons (Fsp3) is 0.500. The third-order valence-corrected chi connectivity index (χ3v) is 2.29. The Morgan fingerprint density at radius 1 is 1.47 bits per heavy atom. The second-order valence-corrected chi connectivity index (χ2v) is 4.16. The fourth-order valence-electron chi connectivity index (χ4n) is 1.37. The van der Waals surface area contributed by atoms with Gasteiger partial charge >= 0.3 is 0 Å². The Kier molecular flexibility index (Phi) is 4.90. The molecule has 0 heterocycles. The lowest BCUT2D eigenvalue weighted by Gasteiger charge is -2.11. The zero-order valence-electron chi connectivity index (χ0n) is 10.4. The number of aryl methyl sites for hydroxylation is 1. The van der Waals surface area contributed by atoms with E-state index in [2.05, 4.69) is 19.2 Å². The Bertz CT molecular complexity index is 391. The molecule has 0 aliphatic heterocycles. The van der Waals surface area contributed by atoms with Gasteiger partial charge in [0.1, 0.15) is 12.4 Å². The van der Waals surface area contributed by atoms with Crippen LogP contribution >= 0.6 is 0 Å². The average molecular weight is 238 g/mol. The molecule has 0 aliphatic carbocycles. The van der Waals surface area contributed by atoms with E-state index in [1.807, 2.05) is 6.92 Å². The summed E-state index contributed by atoms with van der Waals surface area (Å²) in [6.07, 6.45) is 0. The van der Waals surface area contributed by atoms with Gasteiger partial charge in [0.25, 0.3) is 5.69 Å². The largest absolute Gasteiger partial charge is 0.492 e. The van der Waals surface area contributed by atoms with Crippen LogP contribution in [0.1, 0.15) is 19.4 Å². The first-order chi connectivity index (χ1) is 8.00. The molecule has 0 spiro atoms. The third kappa shape index (κ3) is 4.40. The van der Waals surface area contributed by atoms with Crippen LogP contribution in [0, 0.1) is 17.0 Å². The highest BCUT2D eigenvalue weighted by molar-refractivity contribution is 5.43. The minimum Gasteiger partial charge on any atom is -0.492 e. The molecule has 0 saturated carbocycles. The normalized spacial score (nSPS) is 10.6. The van der Waals surface area contributed by atoms with E-state index in [4.69, 9.17) is 4.74 Å². The molecule has 0 amide bonds. The van der Waals surface area contributed by atoms with Crippen molar-refractivity contribution in [1.82, 2.24) is 5.32 Å². The molecular weight excluding hydrogens is 220 g/mol. The lowest BCUT2D eigenvalue weighted by atomic mass is 10.2. The van der Waals surface area contributed by atoms with E-state index >= 15 is 0 Å². The molecule has 0 aliphatic rings. The number of benzene rings is 1. The molecule has 0 aromatic heterocycles. The molecule has 0 fully saturated rings. The maximum absolute atomic E-state index is 10.6. The molecule has 5 nitrogen and oxygen atoms in total. The molecule has 1 rings (SSSR count). The molecule has 0 radical (unpaired) electrons. The lowest BCUT2D eigenvalue weighted by molar-refractivity contribution is -0.384. The van der Waals surface area contributed by atoms with Crippen molar-refractivity contribution < 1.29 is 9.66 Å². The monoisotopic (exact) mass is 238 g/mol. The highest BCUT2D eigenvalue weighted by Gasteiger charge is 2.09. The van der Waals surface area contributed by atoms with Crippen molar-refractivity contribution >= 4 is 5.69 Å². The minimum atomic E-state index is -0.418. The molecule has 94 valence electrons. The van der Waals surface area contributed by atoms with Gasteiger partial charge in [0, 0.05) is 18.7 Å². The number of hydrogen-bond donors (Lipinski definition) is 1. The van der Waals surface area contributed by atoms with Crippen LogP contribution in [-0.4, -0.2) is 24.1 Å². The zero-order valence-corrected chi connectivity index (χ0v) is 10.4. The van der Waals surface area contributed by atoms with E-state index in [9.17, 15) is 10.1 Å². The number of ether oxygens (including phenoxy) is 1.